The van der Waals surface area contributed by atoms with Gasteiger partial charge in [-0.25, -0.2) is 0 Å². The molecule has 18 heavy (non-hydrogen) atoms. The smallest absolute Gasteiger partial charge is 0.205 e. The molecule has 90 valence electrons. The molecule has 0 N–H and O–H groups in total. The maximum absolute atomic E-state index is 12.3. The van der Waals surface area contributed by atoms with Gasteiger partial charge in [-0.1, -0.05) is 41.9 Å². The van der Waals surface area contributed by atoms with Crippen molar-refractivity contribution in [2.24, 2.45) is 0 Å². The van der Waals surface area contributed by atoms with Crippen molar-refractivity contribution in [2.75, 3.05) is 0 Å². The van der Waals surface area contributed by atoms with E-state index in [2.05, 4.69) is 0 Å². The summed E-state index contributed by atoms with van der Waals surface area (Å²) in [5, 5.41) is 0.474. The predicted octanol–water partition coefficient (Wildman–Crippen LogP) is 3.53. The van der Waals surface area contributed by atoms with Crippen LogP contribution in [0.15, 0.2) is 48.5 Å². The monoisotopic (exact) mass is 258 g/mol. The Bertz CT molecular complexity index is 582. The fourth-order valence-electron chi connectivity index (χ4n) is 2.16. The van der Waals surface area contributed by atoms with Gasteiger partial charge in [0, 0.05) is 12.0 Å². The van der Waals surface area contributed by atoms with Crippen molar-refractivity contribution in [1.82, 2.24) is 0 Å². The van der Waals surface area contributed by atoms with E-state index in [1.807, 2.05) is 30.3 Å². The second-order valence-corrected chi connectivity index (χ2v) is 4.67. The first-order valence-corrected chi connectivity index (χ1v) is 6.17. The number of ketones is 1. The van der Waals surface area contributed by atoms with Gasteiger partial charge in [-0.15, -0.1) is 0 Å². The molecule has 0 aliphatic carbocycles. The van der Waals surface area contributed by atoms with Crippen LogP contribution < -0.4 is 4.74 Å². The molecule has 2 nitrogen and oxygen atoms in total. The van der Waals surface area contributed by atoms with Gasteiger partial charge >= 0.3 is 0 Å². The number of fused-ring (bicyclic) bond motifs is 1. The molecule has 1 atom stereocenters. The van der Waals surface area contributed by atoms with Crippen LogP contribution in [0.5, 0.6) is 5.75 Å². The number of ether oxygens (including phenoxy) is 1. The normalized spacial score (nSPS) is 17.1. The summed E-state index contributed by atoms with van der Waals surface area (Å²) in [4.78, 5) is 12.3. The molecule has 1 aliphatic heterocycles. The molecule has 0 fully saturated rings. The highest BCUT2D eigenvalue weighted by Gasteiger charge is 2.30. The Balaban J connectivity index is 1.87. The van der Waals surface area contributed by atoms with Gasteiger partial charge in [0.1, 0.15) is 5.75 Å². The maximum atomic E-state index is 12.3. The lowest BCUT2D eigenvalue weighted by atomic mass is 10.0. The van der Waals surface area contributed by atoms with Gasteiger partial charge in [-0.3, -0.25) is 4.79 Å². The van der Waals surface area contributed by atoms with Gasteiger partial charge in [0.25, 0.3) is 0 Å². The molecular weight excluding hydrogens is 248 g/mol. The summed E-state index contributed by atoms with van der Waals surface area (Å²) in [6.45, 7) is 0. The molecule has 0 bridgehead atoms. The SMILES string of the molecule is O=C(c1ccccc1Cl)C1Cc2ccccc2O1. The molecule has 0 saturated carbocycles. The van der Waals surface area contributed by atoms with Crippen molar-refractivity contribution < 1.29 is 9.53 Å². The van der Waals surface area contributed by atoms with E-state index in [4.69, 9.17) is 16.3 Å². The lowest BCUT2D eigenvalue weighted by Gasteiger charge is -2.10. The van der Waals surface area contributed by atoms with Gasteiger partial charge in [0.05, 0.1) is 5.02 Å². The molecular formula is C15H11ClO2. The van der Waals surface area contributed by atoms with Crippen LogP contribution in [0.2, 0.25) is 5.02 Å². The van der Waals surface area contributed by atoms with Crippen molar-refractivity contribution in [3.63, 3.8) is 0 Å². The van der Waals surface area contributed by atoms with Crippen LogP contribution in [0.25, 0.3) is 0 Å². The number of para-hydroxylation sites is 1. The highest BCUT2D eigenvalue weighted by atomic mass is 35.5. The second kappa shape index (κ2) is 4.46. The number of hydrogen-bond donors (Lipinski definition) is 0. The largest absolute Gasteiger partial charge is 0.482 e. The lowest BCUT2D eigenvalue weighted by Crippen LogP contribution is -2.25. The van der Waals surface area contributed by atoms with Crippen LogP contribution in [-0.4, -0.2) is 11.9 Å². The zero-order chi connectivity index (χ0) is 12.5. The molecule has 0 radical (unpaired) electrons. The fourth-order valence-corrected chi connectivity index (χ4v) is 2.39. The van der Waals surface area contributed by atoms with Crippen LogP contribution in [0.4, 0.5) is 0 Å². The molecule has 3 heteroatoms. The fraction of sp³-hybridized carbons (Fsp3) is 0.133. The minimum atomic E-state index is -0.456. The van der Waals surface area contributed by atoms with Gasteiger partial charge in [-0.05, 0) is 23.8 Å². The summed E-state index contributed by atoms with van der Waals surface area (Å²) >= 11 is 6.03. The molecule has 3 rings (SSSR count). The topological polar surface area (TPSA) is 26.3 Å². The molecule has 0 amide bonds. The Kier molecular flexibility index (Phi) is 2.80. The van der Waals surface area contributed by atoms with Crippen LogP contribution in [-0.2, 0) is 6.42 Å². The first-order chi connectivity index (χ1) is 8.75. The number of carbonyl (C=O) groups is 1. The summed E-state index contributed by atoms with van der Waals surface area (Å²) in [5.74, 6) is 0.736. The minimum Gasteiger partial charge on any atom is -0.482 e. The zero-order valence-electron chi connectivity index (χ0n) is 9.60. The third-order valence-electron chi connectivity index (χ3n) is 3.08. The number of Topliss-reactive ketones (excluding diaryl/α,β-unsaturated/α-hetero) is 1. The van der Waals surface area contributed by atoms with Gasteiger partial charge in [-0.2, -0.15) is 0 Å². The Morgan fingerprint density at radius 2 is 1.83 bits per heavy atom. The van der Waals surface area contributed by atoms with E-state index in [0.717, 1.165) is 11.3 Å². The van der Waals surface area contributed by atoms with Gasteiger partial charge in [0.15, 0.2) is 6.10 Å². The summed E-state index contributed by atoms with van der Waals surface area (Å²) in [6, 6.07) is 14.8. The number of carbonyl (C=O) groups excluding carboxylic acids is 1. The third kappa shape index (κ3) is 1.89. The van der Waals surface area contributed by atoms with Crippen LogP contribution in [0.1, 0.15) is 15.9 Å². The van der Waals surface area contributed by atoms with Crippen LogP contribution in [0.3, 0.4) is 0 Å². The first kappa shape index (κ1) is 11.3. The van der Waals surface area contributed by atoms with Crippen LogP contribution >= 0.6 is 11.6 Å². The van der Waals surface area contributed by atoms with E-state index < -0.39 is 6.10 Å². The van der Waals surface area contributed by atoms with E-state index in [1.54, 1.807) is 18.2 Å². The summed E-state index contributed by atoms with van der Waals surface area (Å²) in [7, 11) is 0. The van der Waals surface area contributed by atoms with Crippen LogP contribution in [0, 0.1) is 0 Å². The molecule has 2 aromatic carbocycles. The standard InChI is InChI=1S/C15H11ClO2/c16-12-7-3-2-6-11(12)15(17)14-9-10-5-1-4-8-13(10)18-14/h1-8,14H,9H2. The Morgan fingerprint density at radius 1 is 1.11 bits per heavy atom. The number of rotatable bonds is 2. The quantitative estimate of drug-likeness (QED) is 0.771. The first-order valence-electron chi connectivity index (χ1n) is 5.79. The van der Waals surface area contributed by atoms with Crippen molar-refractivity contribution in [3.05, 3.63) is 64.7 Å². The second-order valence-electron chi connectivity index (χ2n) is 4.26. The number of benzene rings is 2. The van der Waals surface area contributed by atoms with Crippen molar-refractivity contribution in [2.45, 2.75) is 12.5 Å². The summed E-state index contributed by atoms with van der Waals surface area (Å²) < 4.78 is 5.67. The Morgan fingerprint density at radius 3 is 2.61 bits per heavy atom. The predicted molar refractivity (Wildman–Crippen MR) is 70.3 cm³/mol. The maximum Gasteiger partial charge on any atom is 0.205 e. The van der Waals surface area contributed by atoms with E-state index in [0.29, 0.717) is 17.0 Å². The molecule has 0 aromatic heterocycles. The van der Waals surface area contributed by atoms with Gasteiger partial charge in [0.2, 0.25) is 5.78 Å². The highest BCUT2D eigenvalue weighted by Crippen LogP contribution is 2.30. The van der Waals surface area contributed by atoms with Crippen molar-refractivity contribution in [1.29, 1.82) is 0 Å². The van der Waals surface area contributed by atoms with E-state index in [1.165, 1.54) is 0 Å². The molecule has 0 saturated heterocycles. The van der Waals surface area contributed by atoms with Gasteiger partial charge < -0.3 is 4.74 Å². The molecule has 2 aromatic rings. The molecule has 1 unspecified atom stereocenters. The van der Waals surface area contributed by atoms with E-state index in [9.17, 15) is 4.79 Å². The third-order valence-corrected chi connectivity index (χ3v) is 3.41. The van der Waals surface area contributed by atoms with Crippen molar-refractivity contribution in [3.8, 4) is 5.75 Å². The molecule has 0 spiro atoms. The summed E-state index contributed by atoms with van der Waals surface area (Å²) in [5.41, 5.74) is 1.60. The average molecular weight is 259 g/mol. The number of halogens is 1. The van der Waals surface area contributed by atoms with E-state index >= 15 is 0 Å². The summed E-state index contributed by atoms with van der Waals surface area (Å²) in [6.07, 6.45) is 0.155. The van der Waals surface area contributed by atoms with E-state index in [-0.39, 0.29) is 5.78 Å². The van der Waals surface area contributed by atoms with Crippen molar-refractivity contribution >= 4 is 17.4 Å². The number of hydrogen-bond acceptors (Lipinski definition) is 2. The highest BCUT2D eigenvalue weighted by molar-refractivity contribution is 6.34. The lowest BCUT2D eigenvalue weighted by molar-refractivity contribution is 0.0825. The average Bonchev–Trinajstić information content (AvgIpc) is 2.82. The Hall–Kier alpha value is -1.80. The molecule has 1 aliphatic rings. The minimum absolute atomic E-state index is 0.0585. The Labute approximate surface area is 110 Å². The molecule has 1 heterocycles. The zero-order valence-corrected chi connectivity index (χ0v) is 10.4.